The molecular weight excluding hydrogens is 1380 g/mol. The van der Waals surface area contributed by atoms with Gasteiger partial charge in [0.2, 0.25) is 11.8 Å². The van der Waals surface area contributed by atoms with Crippen LogP contribution in [-0.2, 0) is 171 Å². The number of ether oxygens (including phenoxy) is 22. The second-order valence-electron chi connectivity index (χ2n) is 23.9. The highest BCUT2D eigenvalue weighted by Crippen LogP contribution is 2.44. The minimum absolute atomic E-state index is 0.145. The van der Waals surface area contributed by atoms with Gasteiger partial charge < -0.3 is 125 Å². The Hall–Kier alpha value is -7.90. The Morgan fingerprint density at radius 1 is 0.480 bits per heavy atom. The maximum atomic E-state index is 15.1. The molecule has 0 saturated carbocycles. The largest absolute Gasteiger partial charge is 0.465 e. The van der Waals surface area contributed by atoms with Gasteiger partial charge in [0, 0.05) is 103 Å². The van der Waals surface area contributed by atoms with Crippen molar-refractivity contribution in [1.29, 1.82) is 0 Å². The number of nitrogens with one attached hydrogen (secondary N) is 2. The Balaban J connectivity index is 1.89. The molecule has 0 aliphatic carbocycles. The molecule has 5 rings (SSSR count). The van der Waals surface area contributed by atoms with Crippen LogP contribution in [0.25, 0.3) is 0 Å². The van der Waals surface area contributed by atoms with Gasteiger partial charge in [-0.3, -0.25) is 62.3 Å². The predicted octanol–water partition coefficient (Wildman–Crippen LogP) is -2.96. The van der Waals surface area contributed by atoms with E-state index < -0.39 is 276 Å². The summed E-state index contributed by atoms with van der Waals surface area (Å²) in [5.41, 5.74) is 0. The van der Waals surface area contributed by atoms with Crippen molar-refractivity contribution in [2.24, 2.45) is 0 Å². The molecule has 0 aromatic rings. The third-order valence-corrected chi connectivity index (χ3v) is 15.5. The zero-order chi connectivity index (χ0) is 76.4. The average molecular weight is 1470 g/mol. The van der Waals surface area contributed by atoms with Crippen LogP contribution in [-0.4, -0.2) is 287 Å². The van der Waals surface area contributed by atoms with E-state index in [1.165, 1.54) is 13.8 Å². The predicted molar refractivity (Wildman–Crippen MR) is 323 cm³/mol. The Bertz CT molecular complexity index is 2970. The van der Waals surface area contributed by atoms with Gasteiger partial charge in [0.25, 0.3) is 5.79 Å². The molecule has 5 aliphatic rings. The molecule has 2 amide bonds. The number of methoxy groups -OCH3 is 1. The highest BCUT2D eigenvalue weighted by molar-refractivity contribution is 5.79. The summed E-state index contributed by atoms with van der Waals surface area (Å²) in [7, 11) is 0.796. The highest BCUT2D eigenvalue weighted by atomic mass is 16.8. The Morgan fingerprint density at radius 2 is 0.931 bits per heavy atom. The number of carbonyl (C=O) groups is 14. The van der Waals surface area contributed by atoms with E-state index in [1.807, 2.05) is 0 Å². The second-order valence-corrected chi connectivity index (χ2v) is 23.9. The summed E-state index contributed by atoms with van der Waals surface area (Å²) in [6, 6.07) is -3.72. The summed E-state index contributed by atoms with van der Waals surface area (Å²) in [5.74, 6) is -18.4. The molecule has 5 fully saturated rings. The van der Waals surface area contributed by atoms with Crippen molar-refractivity contribution in [3.05, 3.63) is 0 Å². The molecule has 4 N–H and O–H groups in total. The third kappa shape index (κ3) is 24.1. The number of esters is 12. The van der Waals surface area contributed by atoms with Gasteiger partial charge in [0.05, 0.1) is 31.8 Å². The standard InChI is InChI=1S/C62H90N2O38/c1-17-82-59-56(93-36(14)76)54(50(91-34(12)74)42(96-59)22-85-29(7)69)100-58-46(64-26(4)66)52(98-44-18-38(78)47(79)24(2)87-44)48(41(95-58)21-84-28(6)68)99-60-57(94-37(15)77)55(51(92-35(13)75)43(97-60)23-86-30(8)70)102-62(61(80)81-16)19-39(88-31(9)71)45(63-25(3)65)53(101-62)49(90-33(11)73)40(89-32(10)72)20-83-27(5)67/h24,38-60,78-79H,17-23H2,1-16H3,(H,63,65)(H,64,66)/t24-,38-,39-,40+,41+,42+,43+,44-,45+,46+,47+,48+,49+,50-,51-,52+,53+,54-,55-,56+,57+,58-,59+,60-,62-/m0/s1. The molecule has 0 unspecified atom stereocenters. The average Bonchev–Trinajstić information content (AvgIpc) is 0.745. The van der Waals surface area contributed by atoms with Crippen LogP contribution in [0.15, 0.2) is 0 Å². The molecule has 0 bridgehead atoms. The summed E-state index contributed by atoms with van der Waals surface area (Å²) in [4.78, 5) is 186. The normalized spacial score (nSPS) is 33.4. The molecule has 5 aliphatic heterocycles. The molecule has 0 aromatic heterocycles. The van der Waals surface area contributed by atoms with Gasteiger partial charge in [-0.15, -0.1) is 0 Å². The molecule has 576 valence electrons. The SMILES string of the molecule is CCO[C@@H]1O[C@H](COC(C)=O)[C@H](OC(C)=O)[C@H](O[C@@H]2O[C@H](COC(C)=O)[C@@H](O[C@@H]3O[C@H](COC(C)=O)[C@H](OC(C)=O)[C@H](O[C@]4(C(=O)OC)C[C@H](OC(C)=O)[C@@H](NC(C)=O)[C@H]([C@H](OC(C)=O)[C@@H](COC(C)=O)OC(C)=O)O4)[C@H]3OC(C)=O)[C@H](O[C@H]3C[C@H](O)[C@H](O)[C@H](C)O3)[C@H]2NC(C)=O)[C@H]1OC(C)=O. The van der Waals surface area contributed by atoms with E-state index in [2.05, 4.69) is 10.6 Å². The van der Waals surface area contributed by atoms with Gasteiger partial charge in [-0.2, -0.15) is 0 Å². The van der Waals surface area contributed by atoms with Crippen LogP contribution in [0.4, 0.5) is 0 Å². The molecule has 5 saturated heterocycles. The Kier molecular flexibility index (Phi) is 32.0. The lowest BCUT2D eigenvalue weighted by Gasteiger charge is -2.53. The number of rotatable bonds is 30. The monoisotopic (exact) mass is 1470 g/mol. The smallest absolute Gasteiger partial charge is 0.366 e. The number of carbonyl (C=O) groups excluding carboxylic acids is 14. The van der Waals surface area contributed by atoms with Gasteiger partial charge in [0.1, 0.15) is 93.5 Å². The molecule has 40 nitrogen and oxygen atoms in total. The number of hydrogen-bond donors (Lipinski definition) is 4. The van der Waals surface area contributed by atoms with Gasteiger partial charge in [-0.25, -0.2) is 4.79 Å². The van der Waals surface area contributed by atoms with Gasteiger partial charge in [-0.05, 0) is 13.8 Å². The summed E-state index contributed by atoms with van der Waals surface area (Å²) in [6.45, 7) is 11.5. The van der Waals surface area contributed by atoms with Crippen LogP contribution in [0.2, 0.25) is 0 Å². The maximum Gasteiger partial charge on any atom is 0.366 e. The van der Waals surface area contributed by atoms with Crippen molar-refractivity contribution in [1.82, 2.24) is 10.6 Å². The minimum Gasteiger partial charge on any atom is -0.465 e. The quantitative estimate of drug-likeness (QED) is 0.0412. The topological polar surface area (TPSA) is 507 Å². The lowest BCUT2D eigenvalue weighted by atomic mass is 9.87. The first-order chi connectivity index (χ1) is 47.8. The second kappa shape index (κ2) is 38.6. The third-order valence-electron chi connectivity index (χ3n) is 15.5. The first-order valence-electron chi connectivity index (χ1n) is 32.1. The van der Waals surface area contributed by atoms with Crippen LogP contribution in [0.5, 0.6) is 0 Å². The van der Waals surface area contributed by atoms with Crippen LogP contribution in [0, 0.1) is 0 Å². The molecule has 40 heteroatoms. The molecular formula is C62H90N2O38. The van der Waals surface area contributed by atoms with E-state index in [4.69, 9.17) is 104 Å². The van der Waals surface area contributed by atoms with Gasteiger partial charge >= 0.3 is 71.6 Å². The van der Waals surface area contributed by atoms with Crippen LogP contribution < -0.4 is 10.6 Å². The first-order valence-corrected chi connectivity index (χ1v) is 32.1. The summed E-state index contributed by atoms with van der Waals surface area (Å²) < 4.78 is 132. The fourth-order valence-electron chi connectivity index (χ4n) is 11.8. The lowest BCUT2D eigenvalue weighted by Crippen LogP contribution is -2.73. The van der Waals surface area contributed by atoms with E-state index in [9.17, 15) is 72.5 Å². The van der Waals surface area contributed by atoms with Crippen molar-refractivity contribution in [3.8, 4) is 0 Å². The summed E-state index contributed by atoms with van der Waals surface area (Å²) in [6.07, 6.45) is -43.9. The number of amides is 2. The van der Waals surface area contributed by atoms with Crippen molar-refractivity contribution >= 4 is 83.4 Å². The van der Waals surface area contributed by atoms with Crippen molar-refractivity contribution in [2.75, 3.05) is 40.1 Å². The number of hydrogen-bond acceptors (Lipinski definition) is 38. The van der Waals surface area contributed by atoms with E-state index in [0.717, 1.165) is 97.1 Å². The van der Waals surface area contributed by atoms with Gasteiger partial charge in [-0.1, -0.05) is 0 Å². The molecule has 0 spiro atoms. The summed E-state index contributed by atoms with van der Waals surface area (Å²) >= 11 is 0. The first kappa shape index (κ1) is 84.8. The fraction of sp³-hybridized carbons (Fsp3) is 0.774. The lowest BCUT2D eigenvalue weighted by molar-refractivity contribution is -0.394. The van der Waals surface area contributed by atoms with Gasteiger partial charge in [0.15, 0.2) is 61.8 Å². The fourth-order valence-corrected chi connectivity index (χ4v) is 11.8. The molecule has 0 aromatic carbocycles. The molecule has 102 heavy (non-hydrogen) atoms. The zero-order valence-electron chi connectivity index (χ0n) is 58.9. The van der Waals surface area contributed by atoms with E-state index in [0.29, 0.717) is 0 Å². The van der Waals surface area contributed by atoms with Crippen LogP contribution in [0.1, 0.15) is 117 Å². The van der Waals surface area contributed by atoms with Crippen molar-refractivity contribution in [2.45, 2.75) is 270 Å². The van der Waals surface area contributed by atoms with E-state index >= 15 is 4.79 Å². The molecule has 5 heterocycles. The highest BCUT2D eigenvalue weighted by Gasteiger charge is 2.65. The minimum atomic E-state index is -3.28. The van der Waals surface area contributed by atoms with Crippen LogP contribution in [0.3, 0.4) is 0 Å². The Labute approximate surface area is 583 Å². The van der Waals surface area contributed by atoms with E-state index in [1.54, 1.807) is 0 Å². The van der Waals surface area contributed by atoms with Crippen molar-refractivity contribution in [3.63, 3.8) is 0 Å². The molecule has 25 atom stereocenters. The number of aliphatic hydroxyl groups is 2. The zero-order valence-corrected chi connectivity index (χ0v) is 58.9. The van der Waals surface area contributed by atoms with Crippen LogP contribution >= 0.6 is 0 Å². The molecule has 0 radical (unpaired) electrons. The summed E-state index contributed by atoms with van der Waals surface area (Å²) in [5, 5.41) is 27.3. The van der Waals surface area contributed by atoms with Crippen molar-refractivity contribution < 1.29 is 182 Å². The Morgan fingerprint density at radius 3 is 1.39 bits per heavy atom. The van der Waals surface area contributed by atoms with E-state index in [-0.39, 0.29) is 6.61 Å². The number of aliphatic hydroxyl groups excluding tert-OH is 2. The maximum absolute atomic E-state index is 15.1.